The molecule has 2 atom stereocenters. The molecule has 0 fully saturated rings. The summed E-state index contributed by atoms with van der Waals surface area (Å²) in [5.41, 5.74) is -4.64. The van der Waals surface area contributed by atoms with Gasteiger partial charge in [0.2, 0.25) is 0 Å². The van der Waals surface area contributed by atoms with Crippen LogP contribution >= 0.6 is 0 Å². The molecule has 0 saturated heterocycles. The quantitative estimate of drug-likeness (QED) is 0.287. The van der Waals surface area contributed by atoms with Crippen LogP contribution < -0.4 is 4.90 Å². The molecule has 5 nitrogen and oxygen atoms in total. The highest BCUT2D eigenvalue weighted by Crippen LogP contribution is 2.43. The topological polar surface area (TPSA) is 53.0 Å². The Morgan fingerprint density at radius 2 is 1.48 bits per heavy atom. The number of benzene rings is 2. The molecule has 40 heavy (non-hydrogen) atoms. The molecule has 1 aliphatic heterocycles. The predicted molar refractivity (Wildman–Crippen MR) is 126 cm³/mol. The summed E-state index contributed by atoms with van der Waals surface area (Å²) in [6.07, 6.45) is -17.6. The van der Waals surface area contributed by atoms with E-state index < -0.39 is 71.8 Å². The summed E-state index contributed by atoms with van der Waals surface area (Å²) < 4.78 is 126. The Morgan fingerprint density at radius 1 is 0.925 bits per heavy atom. The number of anilines is 1. The molecular weight excluding hydrogens is 559 g/mol. The molecule has 1 heterocycles. The normalized spacial score (nSPS) is 17.6. The highest BCUT2D eigenvalue weighted by Gasteiger charge is 2.39. The molecule has 2 aromatic carbocycles. The van der Waals surface area contributed by atoms with Crippen molar-refractivity contribution in [2.75, 3.05) is 11.4 Å². The largest absolute Gasteiger partial charge is 0.446 e. The van der Waals surface area contributed by atoms with Crippen molar-refractivity contribution in [3.63, 3.8) is 0 Å². The zero-order valence-corrected chi connectivity index (χ0v) is 21.6. The molecule has 1 aliphatic rings. The van der Waals surface area contributed by atoms with Crippen LogP contribution in [0.5, 0.6) is 0 Å². The monoisotopic (exact) mass is 586 g/mol. The Bertz CT molecular complexity index is 1180. The zero-order chi connectivity index (χ0) is 30.2. The number of hydrogen-bond acceptors (Lipinski definition) is 4. The molecule has 222 valence electrons. The van der Waals surface area contributed by atoms with Gasteiger partial charge in [0.1, 0.15) is 6.23 Å². The predicted octanol–water partition coefficient (Wildman–Crippen LogP) is 7.77. The van der Waals surface area contributed by atoms with Crippen molar-refractivity contribution >= 4 is 11.8 Å². The van der Waals surface area contributed by atoms with Gasteiger partial charge >= 0.3 is 24.6 Å². The fraction of sp³-hybridized carbons (Fsp3) is 0.500. The lowest BCUT2D eigenvalue weighted by Crippen LogP contribution is -2.37. The van der Waals surface area contributed by atoms with E-state index >= 15 is 0 Å². The second-order valence-electron chi connectivity index (χ2n) is 9.73. The smallest absolute Gasteiger partial charge is 0.416 e. The van der Waals surface area contributed by atoms with E-state index in [9.17, 15) is 49.4 Å². The minimum Gasteiger partial charge on any atom is -0.446 e. The molecule has 3 rings (SSSR count). The van der Waals surface area contributed by atoms with E-state index in [4.69, 9.17) is 4.74 Å². The molecule has 1 N–H and O–H groups in total. The summed E-state index contributed by atoms with van der Waals surface area (Å²) in [5.74, 6) is 0. The fourth-order valence-electron chi connectivity index (χ4n) is 4.58. The lowest BCUT2D eigenvalue weighted by molar-refractivity contribution is -0.143. The molecular formula is C26H27F9N2O3. The molecule has 2 aromatic rings. The van der Waals surface area contributed by atoms with E-state index in [1.165, 1.54) is 11.8 Å². The Morgan fingerprint density at radius 3 is 1.95 bits per heavy atom. The first kappa shape index (κ1) is 31.5. The molecule has 0 radical (unpaired) electrons. The summed E-state index contributed by atoms with van der Waals surface area (Å²) >= 11 is 0. The van der Waals surface area contributed by atoms with Crippen molar-refractivity contribution < 1.29 is 54.2 Å². The van der Waals surface area contributed by atoms with Gasteiger partial charge in [-0.05, 0) is 75.1 Å². The summed E-state index contributed by atoms with van der Waals surface area (Å²) in [6, 6.07) is 2.65. The Labute approximate surface area is 224 Å². The van der Waals surface area contributed by atoms with Gasteiger partial charge in [0.05, 0.1) is 28.5 Å². The lowest BCUT2D eigenvalue weighted by Gasteiger charge is -2.35. The number of carbonyl (C=O) groups is 1. The van der Waals surface area contributed by atoms with Gasteiger partial charge in [-0.15, -0.1) is 0 Å². The number of aliphatic hydroxyl groups is 1. The Kier molecular flexibility index (Phi) is 9.04. The number of fused-ring (bicyclic) bond motifs is 1. The lowest BCUT2D eigenvalue weighted by atomic mass is 9.96. The highest BCUT2D eigenvalue weighted by atomic mass is 19.4. The minimum absolute atomic E-state index is 0.0198. The maximum absolute atomic E-state index is 13.6. The third-order valence-corrected chi connectivity index (χ3v) is 6.32. The molecule has 14 heteroatoms. The number of amides is 1. The van der Waals surface area contributed by atoms with Crippen LogP contribution in [0.4, 0.5) is 50.0 Å². The van der Waals surface area contributed by atoms with Gasteiger partial charge in [-0.2, -0.15) is 39.5 Å². The maximum atomic E-state index is 13.6. The Hall–Kier alpha value is -3.00. The van der Waals surface area contributed by atoms with E-state index in [0.717, 1.165) is 23.1 Å². The van der Waals surface area contributed by atoms with Gasteiger partial charge in [-0.25, -0.2) is 4.79 Å². The van der Waals surface area contributed by atoms with Crippen LogP contribution in [0.3, 0.4) is 0 Å². The van der Waals surface area contributed by atoms with Gasteiger partial charge < -0.3 is 9.84 Å². The van der Waals surface area contributed by atoms with E-state index in [-0.39, 0.29) is 36.7 Å². The van der Waals surface area contributed by atoms with Crippen molar-refractivity contribution in [3.8, 4) is 0 Å². The van der Waals surface area contributed by atoms with Crippen LogP contribution in [0.15, 0.2) is 36.4 Å². The number of rotatable bonds is 5. The number of ether oxygens (including phenoxy) is 1. The van der Waals surface area contributed by atoms with Crippen LogP contribution in [0, 0.1) is 0 Å². The van der Waals surface area contributed by atoms with Crippen LogP contribution in [0.2, 0.25) is 0 Å². The van der Waals surface area contributed by atoms with Crippen molar-refractivity contribution in [1.82, 2.24) is 4.90 Å². The van der Waals surface area contributed by atoms with Crippen molar-refractivity contribution in [1.29, 1.82) is 0 Å². The molecule has 2 unspecified atom stereocenters. The number of halogens is 9. The van der Waals surface area contributed by atoms with Gasteiger partial charge in [-0.1, -0.05) is 6.07 Å². The summed E-state index contributed by atoms with van der Waals surface area (Å²) in [7, 11) is 0. The fourth-order valence-corrected chi connectivity index (χ4v) is 4.58. The maximum Gasteiger partial charge on any atom is 0.416 e. The van der Waals surface area contributed by atoms with E-state index in [2.05, 4.69) is 0 Å². The van der Waals surface area contributed by atoms with Crippen LogP contribution in [-0.4, -0.2) is 35.0 Å². The number of carbonyl (C=O) groups excluding carboxylic acids is 1. The number of hydrogen-bond donors (Lipinski definition) is 1. The molecule has 1 amide bonds. The van der Waals surface area contributed by atoms with Gasteiger partial charge in [-0.3, -0.25) is 9.80 Å². The first-order valence-corrected chi connectivity index (χ1v) is 12.2. The number of aliphatic hydroxyl groups excluding tert-OH is 1. The third-order valence-electron chi connectivity index (χ3n) is 6.32. The standard InChI is InChI=1S/C26H27F9N2O3/c1-14(2)40-23(39)36-8-4-5-21(20-7-6-17(12-22(20)36)24(27,28)29)37(15(3)38)13-16-9-18(25(30,31)32)11-19(10-16)26(33,34)35/h6-7,9-12,14-15,21,38H,4-5,8,13H2,1-3H3. The molecule has 0 bridgehead atoms. The van der Waals surface area contributed by atoms with Gasteiger partial charge in [0.15, 0.2) is 0 Å². The Balaban J connectivity index is 2.13. The number of alkyl halides is 9. The zero-order valence-electron chi connectivity index (χ0n) is 21.6. The van der Waals surface area contributed by atoms with Crippen molar-refractivity contribution in [2.45, 2.75) is 77.1 Å². The summed E-state index contributed by atoms with van der Waals surface area (Å²) in [5, 5.41) is 10.6. The van der Waals surface area contributed by atoms with E-state index in [1.54, 1.807) is 13.8 Å². The second-order valence-corrected chi connectivity index (χ2v) is 9.73. The first-order chi connectivity index (χ1) is 18.3. The van der Waals surface area contributed by atoms with Crippen LogP contribution in [0.1, 0.15) is 67.5 Å². The van der Waals surface area contributed by atoms with Crippen LogP contribution in [-0.2, 0) is 29.8 Å². The molecule has 0 aromatic heterocycles. The average Bonchev–Trinajstić information content (AvgIpc) is 2.99. The van der Waals surface area contributed by atoms with Crippen molar-refractivity contribution in [2.24, 2.45) is 0 Å². The van der Waals surface area contributed by atoms with Gasteiger partial charge in [0.25, 0.3) is 0 Å². The van der Waals surface area contributed by atoms with Crippen LogP contribution in [0.25, 0.3) is 0 Å². The average molecular weight is 586 g/mol. The highest BCUT2D eigenvalue weighted by molar-refractivity contribution is 5.89. The van der Waals surface area contributed by atoms with E-state index in [1.807, 2.05) is 0 Å². The SMILES string of the molecule is CC(C)OC(=O)N1CCCC(N(Cc2cc(C(F)(F)F)cc(C(F)(F)F)c2)C(C)O)c2ccc(C(F)(F)F)cc21. The molecule has 0 aliphatic carbocycles. The van der Waals surface area contributed by atoms with Crippen molar-refractivity contribution in [3.05, 3.63) is 64.2 Å². The minimum atomic E-state index is -5.09. The van der Waals surface area contributed by atoms with E-state index in [0.29, 0.717) is 12.1 Å². The molecule has 0 spiro atoms. The van der Waals surface area contributed by atoms with Gasteiger partial charge in [0, 0.05) is 19.1 Å². The molecule has 0 saturated carbocycles. The third kappa shape index (κ3) is 7.39. The second kappa shape index (κ2) is 11.5. The first-order valence-electron chi connectivity index (χ1n) is 12.2. The number of nitrogens with zero attached hydrogens (tertiary/aromatic N) is 2. The summed E-state index contributed by atoms with van der Waals surface area (Å²) in [4.78, 5) is 15.0. The summed E-state index contributed by atoms with van der Waals surface area (Å²) in [6.45, 7) is 3.64.